The van der Waals surface area contributed by atoms with Crippen molar-refractivity contribution >= 4 is 38.6 Å². The average Bonchev–Trinajstić information content (AvgIpc) is 3.29. The number of hydrogen-bond donors (Lipinski definition) is 1. The Labute approximate surface area is 228 Å². The minimum atomic E-state index is -3.12. The summed E-state index contributed by atoms with van der Waals surface area (Å²) in [5.74, 6) is -1.04. The first-order chi connectivity index (χ1) is 18.6. The molecular formula is C29H35N3O6S. The minimum absolute atomic E-state index is 0.00509. The van der Waals surface area contributed by atoms with Crippen LogP contribution in [0.3, 0.4) is 0 Å². The maximum absolute atomic E-state index is 12.6. The van der Waals surface area contributed by atoms with E-state index < -0.39 is 27.8 Å². The number of carboxylic acids is 1. The standard InChI is InChI=1S/C29H35N3O6S/c1-18-9-14-22-24(31(18)29(35)38-2)15-16-25-27(22)30-26(17-23(28(33)34)19-7-5-4-6-8-19)32(25)20-10-12-21(13-11-20)39(3,36)37/h4-8,15-16,18,20-21,23H,9-14,17H2,1-3H3,(H,33,34). The summed E-state index contributed by atoms with van der Waals surface area (Å²) in [5.41, 5.74) is 4.08. The van der Waals surface area contributed by atoms with Crippen LogP contribution in [0.25, 0.3) is 11.0 Å². The maximum Gasteiger partial charge on any atom is 0.414 e. The fraction of sp³-hybridized carbons (Fsp3) is 0.483. The molecule has 1 aliphatic carbocycles. The highest BCUT2D eigenvalue weighted by atomic mass is 32.2. The van der Waals surface area contributed by atoms with Gasteiger partial charge in [-0.15, -0.1) is 0 Å². The van der Waals surface area contributed by atoms with Crippen molar-refractivity contribution < 1.29 is 27.9 Å². The Bertz CT molecular complexity index is 1490. The molecule has 1 amide bonds. The van der Waals surface area contributed by atoms with Crippen LogP contribution in [0.15, 0.2) is 42.5 Å². The van der Waals surface area contributed by atoms with E-state index in [1.807, 2.05) is 49.4 Å². The molecule has 10 heteroatoms. The van der Waals surface area contributed by atoms with E-state index in [4.69, 9.17) is 9.72 Å². The quantitative estimate of drug-likeness (QED) is 0.462. The zero-order valence-corrected chi connectivity index (χ0v) is 23.4. The molecule has 3 aromatic rings. The summed E-state index contributed by atoms with van der Waals surface area (Å²) in [6, 6.07) is 13.0. The van der Waals surface area contributed by atoms with Gasteiger partial charge >= 0.3 is 12.1 Å². The van der Waals surface area contributed by atoms with E-state index in [9.17, 15) is 23.1 Å². The highest BCUT2D eigenvalue weighted by Crippen LogP contribution is 2.41. The number of aryl methyl sites for hydroxylation is 1. The summed E-state index contributed by atoms with van der Waals surface area (Å²) in [4.78, 5) is 31.8. The first-order valence-electron chi connectivity index (χ1n) is 13.5. The number of ether oxygens (including phenoxy) is 1. The summed E-state index contributed by atoms with van der Waals surface area (Å²) in [7, 11) is -1.75. The molecule has 2 heterocycles. The van der Waals surface area contributed by atoms with Gasteiger partial charge in [-0.25, -0.2) is 18.2 Å². The fourth-order valence-electron chi connectivity index (χ4n) is 6.32. The van der Waals surface area contributed by atoms with Gasteiger partial charge in [-0.2, -0.15) is 0 Å². The molecule has 2 unspecified atom stereocenters. The topological polar surface area (TPSA) is 119 Å². The molecule has 0 spiro atoms. The summed E-state index contributed by atoms with van der Waals surface area (Å²) >= 11 is 0. The number of imidazole rings is 1. The van der Waals surface area contributed by atoms with Crippen LogP contribution in [-0.4, -0.2) is 59.8 Å². The van der Waals surface area contributed by atoms with Crippen molar-refractivity contribution in [2.45, 2.75) is 75.1 Å². The number of anilines is 1. The van der Waals surface area contributed by atoms with Gasteiger partial charge in [0.05, 0.1) is 35.0 Å². The molecule has 208 valence electrons. The fourth-order valence-corrected chi connectivity index (χ4v) is 7.45. The third-order valence-electron chi connectivity index (χ3n) is 8.40. The lowest BCUT2D eigenvalue weighted by Crippen LogP contribution is -2.42. The van der Waals surface area contributed by atoms with Gasteiger partial charge in [-0.05, 0) is 63.1 Å². The molecule has 1 aromatic heterocycles. The Morgan fingerprint density at radius 3 is 2.38 bits per heavy atom. The van der Waals surface area contributed by atoms with E-state index in [0.29, 0.717) is 37.1 Å². The SMILES string of the molecule is COC(=O)N1c2ccc3c(nc(CC(C(=O)O)c4ccccc4)n3C3CCC(S(C)(=O)=O)CC3)c2CCC1C. The molecule has 2 aromatic carbocycles. The summed E-state index contributed by atoms with van der Waals surface area (Å²) in [6.45, 7) is 1.99. The van der Waals surface area contributed by atoms with Crippen LogP contribution in [0.5, 0.6) is 0 Å². The number of nitrogens with zero attached hydrogens (tertiary/aromatic N) is 3. The minimum Gasteiger partial charge on any atom is -0.481 e. The van der Waals surface area contributed by atoms with Gasteiger partial charge < -0.3 is 14.4 Å². The first-order valence-corrected chi connectivity index (χ1v) is 15.4. The predicted molar refractivity (Wildman–Crippen MR) is 149 cm³/mol. The van der Waals surface area contributed by atoms with Crippen LogP contribution in [0.2, 0.25) is 0 Å². The second kappa shape index (κ2) is 10.6. The lowest BCUT2D eigenvalue weighted by atomic mass is 9.92. The molecule has 1 saturated carbocycles. The lowest BCUT2D eigenvalue weighted by molar-refractivity contribution is -0.138. The molecule has 0 bridgehead atoms. The van der Waals surface area contributed by atoms with Gasteiger partial charge in [0.15, 0.2) is 0 Å². The van der Waals surface area contributed by atoms with Crippen molar-refractivity contribution in [1.29, 1.82) is 0 Å². The van der Waals surface area contributed by atoms with Gasteiger partial charge in [-0.3, -0.25) is 9.69 Å². The third-order valence-corrected chi connectivity index (χ3v) is 10.1. The molecule has 9 nitrogen and oxygen atoms in total. The van der Waals surface area contributed by atoms with Crippen LogP contribution >= 0.6 is 0 Å². The van der Waals surface area contributed by atoms with Crippen LogP contribution in [-0.2, 0) is 32.2 Å². The second-order valence-electron chi connectivity index (χ2n) is 10.8. The normalized spacial score (nSPS) is 22.3. The number of methoxy groups -OCH3 is 1. The highest BCUT2D eigenvalue weighted by molar-refractivity contribution is 7.91. The molecule has 0 saturated heterocycles. The highest BCUT2D eigenvalue weighted by Gasteiger charge is 2.35. The van der Waals surface area contributed by atoms with Gasteiger partial charge in [-0.1, -0.05) is 30.3 Å². The van der Waals surface area contributed by atoms with Crippen LogP contribution in [0.1, 0.15) is 67.9 Å². The molecule has 1 N–H and O–H groups in total. The first kappa shape index (κ1) is 27.2. The zero-order chi connectivity index (χ0) is 27.9. The number of sulfone groups is 1. The van der Waals surface area contributed by atoms with Gasteiger partial charge in [0.1, 0.15) is 15.7 Å². The van der Waals surface area contributed by atoms with E-state index in [1.54, 1.807) is 4.90 Å². The number of fused-ring (bicyclic) bond motifs is 3. The summed E-state index contributed by atoms with van der Waals surface area (Å²) in [5, 5.41) is 9.82. The van der Waals surface area contributed by atoms with Gasteiger partial charge in [0.25, 0.3) is 0 Å². The Morgan fingerprint density at radius 2 is 1.77 bits per heavy atom. The molecule has 0 radical (unpaired) electrons. The number of carbonyl (C=O) groups is 2. The number of rotatable bonds is 6. The Hall–Kier alpha value is -3.40. The molecule has 2 atom stereocenters. The van der Waals surface area contributed by atoms with Crippen LogP contribution in [0, 0.1) is 0 Å². The molecule has 1 aliphatic heterocycles. The van der Waals surface area contributed by atoms with Crippen LogP contribution in [0.4, 0.5) is 10.5 Å². The Kier molecular flexibility index (Phi) is 7.41. The van der Waals surface area contributed by atoms with Crippen LogP contribution < -0.4 is 4.90 Å². The largest absolute Gasteiger partial charge is 0.481 e. The number of aromatic nitrogens is 2. The molecule has 5 rings (SSSR count). The number of carbonyl (C=O) groups excluding carboxylic acids is 1. The maximum atomic E-state index is 12.6. The monoisotopic (exact) mass is 553 g/mol. The average molecular weight is 554 g/mol. The number of amides is 1. The number of aliphatic carboxylic acids is 1. The number of carboxylic acid groups (broad SMARTS) is 1. The van der Waals surface area contributed by atoms with E-state index in [1.165, 1.54) is 13.4 Å². The zero-order valence-electron chi connectivity index (χ0n) is 22.5. The molecule has 1 fully saturated rings. The van der Waals surface area contributed by atoms with Crippen molar-refractivity contribution in [2.24, 2.45) is 0 Å². The van der Waals surface area contributed by atoms with E-state index >= 15 is 0 Å². The summed E-state index contributed by atoms with van der Waals surface area (Å²) in [6.07, 6.45) is 5.02. The van der Waals surface area contributed by atoms with Gasteiger partial charge in [0.2, 0.25) is 0 Å². The van der Waals surface area contributed by atoms with Crippen molar-refractivity contribution in [3.63, 3.8) is 0 Å². The third kappa shape index (κ3) is 5.14. The van der Waals surface area contributed by atoms with Crippen molar-refractivity contribution in [2.75, 3.05) is 18.3 Å². The van der Waals surface area contributed by atoms with E-state index in [2.05, 4.69) is 4.57 Å². The van der Waals surface area contributed by atoms with E-state index in [0.717, 1.165) is 35.1 Å². The lowest BCUT2D eigenvalue weighted by Gasteiger charge is -2.34. The molecule has 2 aliphatic rings. The second-order valence-corrected chi connectivity index (χ2v) is 13.1. The molecule has 39 heavy (non-hydrogen) atoms. The van der Waals surface area contributed by atoms with Crippen molar-refractivity contribution in [3.05, 3.63) is 59.4 Å². The predicted octanol–water partition coefficient (Wildman–Crippen LogP) is 4.88. The van der Waals surface area contributed by atoms with E-state index in [-0.39, 0.29) is 23.8 Å². The number of benzene rings is 2. The summed E-state index contributed by atoms with van der Waals surface area (Å²) < 4.78 is 31.6. The van der Waals surface area contributed by atoms with Crippen molar-refractivity contribution in [3.8, 4) is 0 Å². The number of hydrogen-bond acceptors (Lipinski definition) is 6. The van der Waals surface area contributed by atoms with Crippen molar-refractivity contribution in [1.82, 2.24) is 9.55 Å². The smallest absolute Gasteiger partial charge is 0.414 e. The van der Waals surface area contributed by atoms with Gasteiger partial charge in [0, 0.05) is 30.3 Å². The Morgan fingerprint density at radius 1 is 1.08 bits per heavy atom. The Balaban J connectivity index is 1.63. The molecular weight excluding hydrogens is 518 g/mol.